The number of nitrogens with two attached hydrogens (primary N) is 1. The fourth-order valence-electron chi connectivity index (χ4n) is 7.71. The molecule has 0 aromatic carbocycles. The second-order valence-corrected chi connectivity index (χ2v) is 14.3. The van der Waals surface area contributed by atoms with E-state index in [0.717, 1.165) is 61.8 Å². The van der Waals surface area contributed by atoms with Crippen LogP contribution >= 0.6 is 11.3 Å². The van der Waals surface area contributed by atoms with Crippen molar-refractivity contribution in [2.24, 2.45) is 11.8 Å². The van der Waals surface area contributed by atoms with Crippen LogP contribution in [0.1, 0.15) is 87.1 Å². The third kappa shape index (κ3) is 4.25. The Bertz CT molecular complexity index is 1600. The van der Waals surface area contributed by atoms with E-state index in [4.69, 9.17) is 24.7 Å². The molecule has 1 saturated heterocycles. The molecule has 0 unspecified atom stereocenters. The van der Waals surface area contributed by atoms with Crippen LogP contribution in [0.25, 0.3) is 11.5 Å². The van der Waals surface area contributed by atoms with Gasteiger partial charge < -0.3 is 19.7 Å². The van der Waals surface area contributed by atoms with Crippen molar-refractivity contribution in [1.29, 1.82) is 5.26 Å². The van der Waals surface area contributed by atoms with E-state index in [1.54, 1.807) is 6.20 Å². The van der Waals surface area contributed by atoms with E-state index >= 15 is 0 Å². The monoisotopic (exact) mass is 588 g/mol. The topological polar surface area (TPSA) is 140 Å². The van der Waals surface area contributed by atoms with Crippen LogP contribution < -0.4 is 10.5 Å². The maximum absolute atomic E-state index is 13.0. The number of rotatable bonds is 4. The fourth-order valence-corrected chi connectivity index (χ4v) is 8.87. The Morgan fingerprint density at radius 1 is 1.31 bits per heavy atom. The minimum Gasteiger partial charge on any atom is -0.461 e. The molecule has 42 heavy (non-hydrogen) atoms. The number of ether oxygens (including phenoxy) is 2. The summed E-state index contributed by atoms with van der Waals surface area (Å²) < 4.78 is 17.8. The van der Waals surface area contributed by atoms with E-state index in [9.17, 15) is 10.1 Å². The van der Waals surface area contributed by atoms with Crippen LogP contribution in [0.15, 0.2) is 16.8 Å². The molecule has 4 heterocycles. The van der Waals surface area contributed by atoms with E-state index in [1.807, 2.05) is 31.7 Å². The zero-order valence-corrected chi connectivity index (χ0v) is 25.3. The lowest BCUT2D eigenvalue weighted by Gasteiger charge is -2.39. The lowest BCUT2D eigenvalue weighted by atomic mass is 9.62. The zero-order valence-electron chi connectivity index (χ0n) is 24.5. The molecule has 1 amide bonds. The van der Waals surface area contributed by atoms with Crippen molar-refractivity contribution in [3.05, 3.63) is 39.5 Å². The van der Waals surface area contributed by atoms with Gasteiger partial charge in [0.15, 0.2) is 5.76 Å². The number of fused-ring (bicyclic) bond motifs is 5. The Kier molecular flexibility index (Phi) is 6.28. The highest BCUT2D eigenvalue weighted by molar-refractivity contribution is 7.16. The number of carbonyl (C=O) groups excluding carboxylic acids is 1. The summed E-state index contributed by atoms with van der Waals surface area (Å²) in [5.41, 5.74) is 9.59. The van der Waals surface area contributed by atoms with Crippen molar-refractivity contribution in [1.82, 2.24) is 20.0 Å². The van der Waals surface area contributed by atoms with E-state index in [0.29, 0.717) is 40.5 Å². The van der Waals surface area contributed by atoms with Crippen molar-refractivity contribution in [2.45, 2.75) is 95.7 Å². The van der Waals surface area contributed by atoms with E-state index in [1.165, 1.54) is 16.2 Å². The first-order valence-corrected chi connectivity index (χ1v) is 15.7. The van der Waals surface area contributed by atoms with Gasteiger partial charge in [0.25, 0.3) is 0 Å². The summed E-state index contributed by atoms with van der Waals surface area (Å²) in [6, 6.07) is 4.53. The molecule has 220 valence electrons. The number of hydrogen-bond acceptors (Lipinski definition) is 10. The summed E-state index contributed by atoms with van der Waals surface area (Å²) >= 11 is 1.54. The quantitative estimate of drug-likeness (QED) is 0.411. The van der Waals surface area contributed by atoms with Gasteiger partial charge in [-0.3, -0.25) is 4.90 Å². The summed E-state index contributed by atoms with van der Waals surface area (Å²) in [6.45, 7) is 8.12. The zero-order chi connectivity index (χ0) is 29.4. The fraction of sp³-hybridized carbons (Fsp3) is 0.581. The second kappa shape index (κ2) is 9.69. The Hall–Kier alpha value is -3.65. The highest BCUT2D eigenvalue weighted by Crippen LogP contribution is 2.55. The lowest BCUT2D eigenvalue weighted by Crippen LogP contribution is -2.45. The molecular formula is C31H36N6O4S. The van der Waals surface area contributed by atoms with Crippen LogP contribution in [0.4, 0.5) is 9.80 Å². The second-order valence-electron chi connectivity index (χ2n) is 13.2. The minimum absolute atomic E-state index is 0.0934. The summed E-state index contributed by atoms with van der Waals surface area (Å²) in [5, 5.41) is 15.2. The molecule has 0 bridgehead atoms. The normalized spacial score (nSPS) is 27.6. The van der Waals surface area contributed by atoms with Crippen LogP contribution in [-0.2, 0) is 23.0 Å². The van der Waals surface area contributed by atoms with E-state index in [-0.39, 0.29) is 29.6 Å². The molecular weight excluding hydrogens is 552 g/mol. The van der Waals surface area contributed by atoms with Crippen LogP contribution in [-0.4, -0.2) is 50.4 Å². The Morgan fingerprint density at radius 2 is 2.10 bits per heavy atom. The molecule has 4 aliphatic rings. The maximum atomic E-state index is 13.0. The Morgan fingerprint density at radius 3 is 2.86 bits per heavy atom. The third-order valence-corrected chi connectivity index (χ3v) is 10.6. The summed E-state index contributed by atoms with van der Waals surface area (Å²) in [7, 11) is 0. The minimum atomic E-state index is -0.559. The molecule has 11 heteroatoms. The first kappa shape index (κ1) is 27.2. The molecule has 10 nitrogen and oxygen atoms in total. The van der Waals surface area contributed by atoms with Crippen molar-refractivity contribution >= 4 is 22.4 Å². The third-order valence-electron chi connectivity index (χ3n) is 9.52. The van der Waals surface area contributed by atoms with Crippen molar-refractivity contribution < 1.29 is 18.8 Å². The molecule has 1 aliphatic heterocycles. The molecule has 3 aromatic heterocycles. The number of anilines is 1. The Labute approximate surface area is 249 Å². The first-order chi connectivity index (χ1) is 20.1. The highest BCUT2D eigenvalue weighted by atomic mass is 32.1. The number of nitriles is 1. The number of hydrogen-bond donors (Lipinski definition) is 1. The molecule has 5 atom stereocenters. The van der Waals surface area contributed by atoms with Gasteiger partial charge in [0.2, 0.25) is 0 Å². The number of piperidine rings is 1. The number of aryl methyl sites for hydroxylation is 1. The van der Waals surface area contributed by atoms with Gasteiger partial charge >= 0.3 is 12.1 Å². The van der Waals surface area contributed by atoms with Gasteiger partial charge in [0, 0.05) is 28.1 Å². The number of likely N-dealkylation sites (tertiary alicyclic amines) is 1. The largest absolute Gasteiger partial charge is 0.461 e. The number of carbonyl (C=O) groups is 1. The molecule has 1 spiro atoms. The maximum Gasteiger partial charge on any atom is 0.410 e. The Balaban J connectivity index is 1.14. The molecule has 2 fully saturated rings. The number of amides is 1. The summed E-state index contributed by atoms with van der Waals surface area (Å²) in [6.07, 6.45) is 7.82. The predicted molar refractivity (Wildman–Crippen MR) is 156 cm³/mol. The number of aromatic nitrogens is 3. The molecule has 1 saturated carbocycles. The van der Waals surface area contributed by atoms with Crippen molar-refractivity contribution in [3.63, 3.8) is 0 Å². The standard InChI is InChI=1S/C31H36N6O4S/c1-16-19-13-17(37(24(16)19)29(38)40-30(2,3)4)15-39-28-34-12-9-21(35-28)25-18-7-5-10-31(26(18)36-41-25)11-6-8-22-23(31)20(14-32)27(33)42-22/h9,12,16-17,19,24H,5-8,10-11,13,15,33H2,1-4H3/t16-,17-,19+,24-,31-/m0/s1. The van der Waals surface area contributed by atoms with E-state index in [2.05, 4.69) is 23.1 Å². The van der Waals surface area contributed by atoms with Gasteiger partial charge in [-0.1, -0.05) is 12.1 Å². The summed E-state index contributed by atoms with van der Waals surface area (Å²) in [5.74, 6) is 1.58. The summed E-state index contributed by atoms with van der Waals surface area (Å²) in [4.78, 5) is 25.2. The SMILES string of the molecule is C[C@H]1[C@H]2C[C@@H](COc3nccc(-c4onc5c4CCC[C@@]54CCCc5sc(N)c(C#N)c54)n3)N(C(=O)OC(C)(C)C)[C@@H]12. The highest BCUT2D eigenvalue weighted by Gasteiger charge is 2.61. The first-order valence-electron chi connectivity index (χ1n) is 14.9. The average Bonchev–Trinajstić information content (AvgIpc) is 3.33. The molecule has 0 radical (unpaired) electrons. The molecule has 3 aromatic rings. The number of nitrogen functional groups attached to an aromatic ring is 1. The molecule has 7 rings (SSSR count). The van der Waals surface area contributed by atoms with Crippen LogP contribution in [0.3, 0.4) is 0 Å². The number of nitrogens with zero attached hydrogens (tertiary/aromatic N) is 5. The van der Waals surface area contributed by atoms with Gasteiger partial charge in [-0.25, -0.2) is 9.78 Å². The van der Waals surface area contributed by atoms with Gasteiger partial charge in [-0.05, 0) is 89.2 Å². The van der Waals surface area contributed by atoms with Crippen LogP contribution in [0, 0.1) is 23.2 Å². The smallest absolute Gasteiger partial charge is 0.410 e. The van der Waals surface area contributed by atoms with Crippen molar-refractivity contribution in [2.75, 3.05) is 12.3 Å². The van der Waals surface area contributed by atoms with Crippen molar-refractivity contribution in [3.8, 4) is 23.5 Å². The van der Waals surface area contributed by atoms with E-state index < -0.39 is 5.60 Å². The van der Waals surface area contributed by atoms with Gasteiger partial charge in [0.1, 0.15) is 29.0 Å². The van der Waals surface area contributed by atoms with Crippen LogP contribution in [0.2, 0.25) is 0 Å². The molecule has 3 aliphatic carbocycles. The number of thiophene rings is 1. The van der Waals surface area contributed by atoms with Crippen LogP contribution in [0.5, 0.6) is 6.01 Å². The average molecular weight is 589 g/mol. The predicted octanol–water partition coefficient (Wildman–Crippen LogP) is 5.63. The van der Waals surface area contributed by atoms with Gasteiger partial charge in [0.05, 0.1) is 17.3 Å². The lowest BCUT2D eigenvalue weighted by molar-refractivity contribution is 0.0118. The van der Waals surface area contributed by atoms with Gasteiger partial charge in [-0.2, -0.15) is 10.2 Å². The molecule has 2 N–H and O–H groups in total. The van der Waals surface area contributed by atoms with Gasteiger partial charge in [-0.15, -0.1) is 11.3 Å².